The number of nitrogens with two attached hydrogens (primary N) is 1. The number of primary amides is 1. The van der Waals surface area contributed by atoms with E-state index in [2.05, 4.69) is 0 Å². The summed E-state index contributed by atoms with van der Waals surface area (Å²) in [7, 11) is 1.72. The van der Waals surface area contributed by atoms with Crippen LogP contribution in [0, 0.1) is 0 Å². The van der Waals surface area contributed by atoms with E-state index in [-0.39, 0.29) is 12.5 Å². The zero-order chi connectivity index (χ0) is 13.3. The van der Waals surface area contributed by atoms with E-state index in [1.54, 1.807) is 36.2 Å². The lowest BCUT2D eigenvalue weighted by Gasteiger charge is -2.10. The Kier molecular flexibility index (Phi) is 3.06. The molecular formula is C13H14N2O3. The summed E-state index contributed by atoms with van der Waals surface area (Å²) in [4.78, 5) is 24.2. The van der Waals surface area contributed by atoms with Gasteiger partial charge in [0.2, 0.25) is 0 Å². The Bertz CT molecular complexity index is 549. The number of benzene rings is 1. The summed E-state index contributed by atoms with van der Waals surface area (Å²) >= 11 is 0. The van der Waals surface area contributed by atoms with E-state index in [1.807, 2.05) is 6.92 Å². The zero-order valence-corrected chi connectivity index (χ0v) is 10.3. The highest BCUT2D eigenvalue weighted by molar-refractivity contribution is 6.32. The van der Waals surface area contributed by atoms with Gasteiger partial charge in [0.15, 0.2) is 6.61 Å². The van der Waals surface area contributed by atoms with Gasteiger partial charge in [0.05, 0.1) is 5.69 Å². The minimum atomic E-state index is -0.532. The van der Waals surface area contributed by atoms with Gasteiger partial charge >= 0.3 is 0 Å². The highest BCUT2D eigenvalue weighted by Gasteiger charge is 2.29. The predicted octanol–water partition coefficient (Wildman–Crippen LogP) is 0.930. The van der Waals surface area contributed by atoms with Crippen LogP contribution >= 0.6 is 0 Å². The highest BCUT2D eigenvalue weighted by Crippen LogP contribution is 2.37. The molecule has 0 bridgehead atoms. The van der Waals surface area contributed by atoms with E-state index < -0.39 is 5.91 Å². The van der Waals surface area contributed by atoms with E-state index in [0.717, 1.165) is 11.3 Å². The van der Waals surface area contributed by atoms with Gasteiger partial charge in [0.25, 0.3) is 11.8 Å². The molecule has 1 aromatic rings. The summed E-state index contributed by atoms with van der Waals surface area (Å²) in [6.45, 7) is 1.64. The van der Waals surface area contributed by atoms with Crippen LogP contribution in [-0.2, 0) is 9.59 Å². The smallest absolute Gasteiger partial charge is 0.258 e. The lowest BCUT2D eigenvalue weighted by atomic mass is 10.1. The first-order chi connectivity index (χ1) is 8.54. The van der Waals surface area contributed by atoms with E-state index in [9.17, 15) is 9.59 Å². The number of carbonyl (C=O) groups is 2. The van der Waals surface area contributed by atoms with Gasteiger partial charge in [-0.3, -0.25) is 9.59 Å². The van der Waals surface area contributed by atoms with Crippen LogP contribution in [0.4, 0.5) is 5.69 Å². The van der Waals surface area contributed by atoms with Crippen molar-refractivity contribution in [2.24, 2.45) is 5.73 Å². The Hall–Kier alpha value is -2.30. The fourth-order valence-electron chi connectivity index (χ4n) is 1.95. The maximum atomic E-state index is 11.9. The Labute approximate surface area is 105 Å². The molecule has 1 aliphatic heterocycles. The number of likely N-dealkylation sites (N-methyl/N-ethyl adjacent to an activating group) is 1. The number of allylic oxidation sites excluding steroid dienone is 1. The largest absolute Gasteiger partial charge is 0.484 e. The molecule has 94 valence electrons. The fourth-order valence-corrected chi connectivity index (χ4v) is 1.95. The predicted molar refractivity (Wildman–Crippen MR) is 68.2 cm³/mol. The van der Waals surface area contributed by atoms with Crippen LogP contribution in [0.2, 0.25) is 0 Å². The van der Waals surface area contributed by atoms with Crippen molar-refractivity contribution in [3.8, 4) is 5.75 Å². The highest BCUT2D eigenvalue weighted by atomic mass is 16.5. The van der Waals surface area contributed by atoms with Gasteiger partial charge in [-0.25, -0.2) is 0 Å². The minimum Gasteiger partial charge on any atom is -0.484 e. The molecule has 0 radical (unpaired) electrons. The first-order valence-electron chi connectivity index (χ1n) is 5.54. The first kappa shape index (κ1) is 12.2. The molecule has 2 N–H and O–H groups in total. The molecule has 1 heterocycles. The Balaban J connectivity index is 2.35. The fraction of sp³-hybridized carbons (Fsp3) is 0.231. The first-order valence-corrected chi connectivity index (χ1v) is 5.54. The molecule has 0 fully saturated rings. The molecule has 1 aromatic carbocycles. The molecule has 1 aliphatic rings. The van der Waals surface area contributed by atoms with Crippen LogP contribution in [0.3, 0.4) is 0 Å². The zero-order valence-electron chi connectivity index (χ0n) is 10.3. The molecule has 0 saturated heterocycles. The molecule has 5 heteroatoms. The molecule has 0 spiro atoms. The van der Waals surface area contributed by atoms with E-state index in [1.165, 1.54) is 0 Å². The average Bonchev–Trinajstić information content (AvgIpc) is 2.59. The quantitative estimate of drug-likeness (QED) is 0.806. The maximum absolute atomic E-state index is 11.9. The van der Waals surface area contributed by atoms with Gasteiger partial charge < -0.3 is 15.4 Å². The third kappa shape index (κ3) is 1.95. The normalized spacial score (nSPS) is 16.0. The van der Waals surface area contributed by atoms with Crippen LogP contribution in [0.1, 0.15) is 12.5 Å². The lowest BCUT2D eigenvalue weighted by Crippen LogP contribution is -2.20. The number of ether oxygens (including phenoxy) is 1. The summed E-state index contributed by atoms with van der Waals surface area (Å²) in [6.07, 6.45) is 1.77. The molecule has 2 amide bonds. The number of nitrogens with zero attached hydrogens (tertiary/aromatic N) is 1. The number of anilines is 1. The van der Waals surface area contributed by atoms with Crippen molar-refractivity contribution in [3.63, 3.8) is 0 Å². The van der Waals surface area contributed by atoms with E-state index in [4.69, 9.17) is 10.5 Å². The van der Waals surface area contributed by atoms with E-state index in [0.29, 0.717) is 11.3 Å². The molecule has 0 aromatic heterocycles. The number of fused-ring (bicyclic) bond motifs is 1. The van der Waals surface area contributed by atoms with Crippen molar-refractivity contribution >= 4 is 23.1 Å². The van der Waals surface area contributed by atoms with Gasteiger partial charge in [-0.2, -0.15) is 0 Å². The number of hydrogen-bond acceptors (Lipinski definition) is 3. The second-order valence-electron chi connectivity index (χ2n) is 4.00. The minimum absolute atomic E-state index is 0.0421. The molecule has 0 aliphatic carbocycles. The van der Waals surface area contributed by atoms with Gasteiger partial charge in [-0.05, 0) is 25.1 Å². The van der Waals surface area contributed by atoms with Crippen molar-refractivity contribution in [1.82, 2.24) is 0 Å². The van der Waals surface area contributed by atoms with Gasteiger partial charge in [-0.15, -0.1) is 0 Å². The monoisotopic (exact) mass is 246 g/mol. The van der Waals surface area contributed by atoms with Gasteiger partial charge in [-0.1, -0.05) is 6.08 Å². The summed E-state index contributed by atoms with van der Waals surface area (Å²) in [6, 6.07) is 5.25. The molecule has 2 rings (SSSR count). The van der Waals surface area contributed by atoms with Crippen molar-refractivity contribution < 1.29 is 14.3 Å². The lowest BCUT2D eigenvalue weighted by molar-refractivity contribution is -0.120. The van der Waals surface area contributed by atoms with Gasteiger partial charge in [0.1, 0.15) is 5.75 Å². The standard InChI is InChI=1S/C13H14N2O3/c1-3-9-10-6-8(18-7-12(14)16)4-5-11(10)15(2)13(9)17/h3-6H,7H2,1-2H3,(H2,14,16)/b9-3+. The number of hydrogen-bond donors (Lipinski definition) is 1. The van der Waals surface area contributed by atoms with Crippen LogP contribution in [-0.4, -0.2) is 25.5 Å². The van der Waals surface area contributed by atoms with Crippen molar-refractivity contribution in [3.05, 3.63) is 29.8 Å². The number of carbonyl (C=O) groups excluding carboxylic acids is 2. The number of rotatable bonds is 3. The topological polar surface area (TPSA) is 72.6 Å². The van der Waals surface area contributed by atoms with Gasteiger partial charge in [0, 0.05) is 18.2 Å². The average molecular weight is 246 g/mol. The van der Waals surface area contributed by atoms with Crippen LogP contribution in [0.25, 0.3) is 5.57 Å². The second kappa shape index (κ2) is 4.52. The van der Waals surface area contributed by atoms with E-state index >= 15 is 0 Å². The SMILES string of the molecule is C/C=C1/C(=O)N(C)c2ccc(OCC(N)=O)cc21. The van der Waals surface area contributed by atoms with Crippen molar-refractivity contribution in [2.45, 2.75) is 6.92 Å². The molecule has 18 heavy (non-hydrogen) atoms. The third-order valence-corrected chi connectivity index (χ3v) is 2.82. The van der Waals surface area contributed by atoms with Crippen LogP contribution in [0.5, 0.6) is 5.75 Å². The van der Waals surface area contributed by atoms with Crippen LogP contribution < -0.4 is 15.4 Å². The summed E-state index contributed by atoms with van der Waals surface area (Å²) in [5.74, 6) is -0.0514. The summed E-state index contributed by atoms with van der Waals surface area (Å²) in [5, 5.41) is 0. The summed E-state index contributed by atoms with van der Waals surface area (Å²) in [5.41, 5.74) is 7.29. The van der Waals surface area contributed by atoms with Crippen molar-refractivity contribution in [1.29, 1.82) is 0 Å². The molecule has 0 saturated carbocycles. The maximum Gasteiger partial charge on any atom is 0.258 e. The molecule has 0 atom stereocenters. The molecular weight excluding hydrogens is 232 g/mol. The number of amides is 2. The van der Waals surface area contributed by atoms with Crippen LogP contribution in [0.15, 0.2) is 24.3 Å². The summed E-state index contributed by atoms with van der Waals surface area (Å²) < 4.78 is 5.22. The Morgan fingerprint density at radius 3 is 2.83 bits per heavy atom. The third-order valence-electron chi connectivity index (χ3n) is 2.82. The Morgan fingerprint density at radius 2 is 2.22 bits per heavy atom. The van der Waals surface area contributed by atoms with Crippen molar-refractivity contribution in [2.75, 3.05) is 18.6 Å². The molecule has 0 unspecified atom stereocenters. The second-order valence-corrected chi connectivity index (χ2v) is 4.00. The molecule has 5 nitrogen and oxygen atoms in total. The Morgan fingerprint density at radius 1 is 1.50 bits per heavy atom.